The van der Waals surface area contributed by atoms with Crippen LogP contribution in [-0.4, -0.2) is 66.4 Å². The van der Waals surface area contributed by atoms with Crippen LogP contribution in [-0.2, 0) is 19.1 Å². The molecule has 1 aliphatic carbocycles. The standard InChI is InChI=1S/C27H32N2O6/c1-4-29(23-15-34-13-22(23)26(31)32)25(30)24(16(2)3)28-27(33)35-14-21-19-11-7-5-9-17(19)18-10-6-8-12-20(18)21/h5-12,16,21-24H,4,13-15H2,1-3H3,(H,28,33)(H,31,32). The zero-order valence-corrected chi connectivity index (χ0v) is 20.3. The highest BCUT2D eigenvalue weighted by molar-refractivity contribution is 5.87. The van der Waals surface area contributed by atoms with Crippen LogP contribution in [0.3, 0.4) is 0 Å². The number of likely N-dealkylation sites (N-methyl/N-ethyl adjacent to an activating group) is 1. The molecule has 3 atom stereocenters. The summed E-state index contributed by atoms with van der Waals surface area (Å²) in [6.45, 7) is 6.14. The van der Waals surface area contributed by atoms with Gasteiger partial charge in [0.25, 0.3) is 0 Å². The Balaban J connectivity index is 1.44. The number of aliphatic carboxylic acids is 1. The van der Waals surface area contributed by atoms with Crippen LogP contribution in [0.5, 0.6) is 0 Å². The zero-order chi connectivity index (χ0) is 25.1. The Kier molecular flexibility index (Phi) is 7.40. The molecule has 35 heavy (non-hydrogen) atoms. The molecule has 3 unspecified atom stereocenters. The number of benzene rings is 2. The van der Waals surface area contributed by atoms with Gasteiger partial charge in [0.1, 0.15) is 18.6 Å². The summed E-state index contributed by atoms with van der Waals surface area (Å²) in [4.78, 5) is 39.3. The second kappa shape index (κ2) is 10.5. The predicted molar refractivity (Wildman–Crippen MR) is 130 cm³/mol. The summed E-state index contributed by atoms with van der Waals surface area (Å²) in [6, 6.07) is 14.7. The van der Waals surface area contributed by atoms with Crippen LogP contribution in [0.1, 0.15) is 37.8 Å². The van der Waals surface area contributed by atoms with E-state index in [2.05, 4.69) is 17.4 Å². The molecular formula is C27H32N2O6. The zero-order valence-electron chi connectivity index (χ0n) is 20.3. The van der Waals surface area contributed by atoms with Crippen molar-refractivity contribution in [2.75, 3.05) is 26.4 Å². The van der Waals surface area contributed by atoms with E-state index in [1.54, 1.807) is 6.92 Å². The minimum absolute atomic E-state index is 0.0654. The van der Waals surface area contributed by atoms with Gasteiger partial charge in [-0.25, -0.2) is 4.79 Å². The number of carbonyl (C=O) groups is 3. The van der Waals surface area contributed by atoms with Crippen molar-refractivity contribution in [1.82, 2.24) is 10.2 Å². The van der Waals surface area contributed by atoms with Gasteiger partial charge in [0.05, 0.1) is 19.3 Å². The number of hydrogen-bond donors (Lipinski definition) is 2. The van der Waals surface area contributed by atoms with Crippen LogP contribution in [0.25, 0.3) is 11.1 Å². The molecule has 8 heteroatoms. The second-order valence-electron chi connectivity index (χ2n) is 9.37. The lowest BCUT2D eigenvalue weighted by Gasteiger charge is -2.34. The fourth-order valence-corrected chi connectivity index (χ4v) is 5.10. The quantitative estimate of drug-likeness (QED) is 0.599. The molecule has 1 aliphatic heterocycles. The summed E-state index contributed by atoms with van der Waals surface area (Å²) >= 11 is 0. The maximum atomic E-state index is 13.4. The lowest BCUT2D eigenvalue weighted by molar-refractivity contribution is -0.145. The molecule has 0 saturated carbocycles. The summed E-state index contributed by atoms with van der Waals surface area (Å²) < 4.78 is 11.0. The van der Waals surface area contributed by atoms with Gasteiger partial charge in [-0.05, 0) is 35.1 Å². The second-order valence-corrected chi connectivity index (χ2v) is 9.37. The summed E-state index contributed by atoms with van der Waals surface area (Å²) in [5.41, 5.74) is 4.49. The highest BCUT2D eigenvalue weighted by Gasteiger charge is 2.42. The van der Waals surface area contributed by atoms with Crippen molar-refractivity contribution in [2.24, 2.45) is 11.8 Å². The van der Waals surface area contributed by atoms with E-state index in [1.165, 1.54) is 4.90 Å². The first-order chi connectivity index (χ1) is 16.8. The molecule has 0 aromatic heterocycles. The molecule has 2 aromatic carbocycles. The number of nitrogens with zero attached hydrogens (tertiary/aromatic N) is 1. The number of alkyl carbamates (subject to hydrolysis) is 1. The Morgan fingerprint density at radius 3 is 2.20 bits per heavy atom. The molecule has 2 aromatic rings. The Hall–Kier alpha value is -3.39. The van der Waals surface area contributed by atoms with Crippen LogP contribution in [0.2, 0.25) is 0 Å². The van der Waals surface area contributed by atoms with Crippen LogP contribution in [0.4, 0.5) is 4.79 Å². The fraction of sp³-hybridized carbons (Fsp3) is 0.444. The highest BCUT2D eigenvalue weighted by atomic mass is 16.5. The van der Waals surface area contributed by atoms with Gasteiger partial charge in [-0.1, -0.05) is 62.4 Å². The topological polar surface area (TPSA) is 105 Å². The maximum absolute atomic E-state index is 13.4. The number of rotatable bonds is 8. The van der Waals surface area contributed by atoms with E-state index in [0.717, 1.165) is 22.3 Å². The number of carbonyl (C=O) groups excluding carboxylic acids is 2. The minimum atomic E-state index is -0.996. The number of amides is 2. The molecule has 0 spiro atoms. The lowest BCUT2D eigenvalue weighted by atomic mass is 9.98. The first-order valence-corrected chi connectivity index (χ1v) is 12.1. The maximum Gasteiger partial charge on any atom is 0.407 e. The molecule has 2 amide bonds. The third-order valence-electron chi connectivity index (χ3n) is 6.94. The molecular weight excluding hydrogens is 448 g/mol. The normalized spacial score (nSPS) is 19.7. The first kappa shape index (κ1) is 24.7. The van der Waals surface area contributed by atoms with Gasteiger partial charge in [-0.15, -0.1) is 0 Å². The molecule has 2 aliphatic rings. The van der Waals surface area contributed by atoms with Gasteiger partial charge in [0, 0.05) is 12.5 Å². The number of ether oxygens (including phenoxy) is 2. The Morgan fingerprint density at radius 1 is 1.06 bits per heavy atom. The SMILES string of the molecule is CCN(C(=O)C(NC(=O)OCC1c2ccccc2-c2ccccc21)C(C)C)C1COCC1C(=O)O. The van der Waals surface area contributed by atoms with E-state index < -0.39 is 30.1 Å². The first-order valence-electron chi connectivity index (χ1n) is 12.1. The van der Waals surface area contributed by atoms with E-state index in [1.807, 2.05) is 50.2 Å². The van der Waals surface area contributed by atoms with Crippen LogP contribution in [0, 0.1) is 11.8 Å². The van der Waals surface area contributed by atoms with Gasteiger partial charge in [-0.3, -0.25) is 9.59 Å². The van der Waals surface area contributed by atoms with Crippen LogP contribution >= 0.6 is 0 Å². The van der Waals surface area contributed by atoms with E-state index in [0.29, 0.717) is 6.54 Å². The predicted octanol–water partition coefficient (Wildman–Crippen LogP) is 3.50. The smallest absolute Gasteiger partial charge is 0.407 e. The third kappa shape index (κ3) is 4.89. The molecule has 8 nitrogen and oxygen atoms in total. The fourth-order valence-electron chi connectivity index (χ4n) is 5.10. The summed E-state index contributed by atoms with van der Waals surface area (Å²) in [6.07, 6.45) is -0.674. The third-order valence-corrected chi connectivity index (χ3v) is 6.94. The average molecular weight is 481 g/mol. The lowest BCUT2D eigenvalue weighted by Crippen LogP contribution is -2.56. The van der Waals surface area contributed by atoms with E-state index in [4.69, 9.17) is 9.47 Å². The molecule has 4 rings (SSSR count). The average Bonchev–Trinajstić information content (AvgIpc) is 3.45. The van der Waals surface area contributed by atoms with Gasteiger partial charge in [0.15, 0.2) is 0 Å². The van der Waals surface area contributed by atoms with Crippen LogP contribution in [0.15, 0.2) is 48.5 Å². The van der Waals surface area contributed by atoms with Crippen molar-refractivity contribution < 1.29 is 29.0 Å². The number of carboxylic acid groups (broad SMARTS) is 1. The van der Waals surface area contributed by atoms with Gasteiger partial charge in [0.2, 0.25) is 5.91 Å². The highest BCUT2D eigenvalue weighted by Crippen LogP contribution is 2.44. The number of fused-ring (bicyclic) bond motifs is 3. The molecule has 0 bridgehead atoms. The number of carboxylic acids is 1. The Labute approximate surface area is 205 Å². The Bertz CT molecular complexity index is 1060. The van der Waals surface area contributed by atoms with E-state index in [9.17, 15) is 19.5 Å². The minimum Gasteiger partial charge on any atom is -0.481 e. The van der Waals surface area contributed by atoms with Crippen molar-refractivity contribution in [3.63, 3.8) is 0 Å². The van der Waals surface area contributed by atoms with Crippen molar-refractivity contribution >= 4 is 18.0 Å². The van der Waals surface area contributed by atoms with E-state index >= 15 is 0 Å². The van der Waals surface area contributed by atoms with Crippen molar-refractivity contribution in [3.8, 4) is 11.1 Å². The molecule has 1 fully saturated rings. The van der Waals surface area contributed by atoms with Crippen LogP contribution < -0.4 is 5.32 Å². The molecule has 2 N–H and O–H groups in total. The monoisotopic (exact) mass is 480 g/mol. The van der Waals surface area contributed by atoms with E-state index in [-0.39, 0.29) is 37.6 Å². The van der Waals surface area contributed by atoms with Gasteiger partial charge < -0.3 is 24.8 Å². The summed E-state index contributed by atoms with van der Waals surface area (Å²) in [7, 11) is 0. The van der Waals surface area contributed by atoms with Crippen molar-refractivity contribution in [2.45, 2.75) is 38.8 Å². The summed E-state index contributed by atoms with van der Waals surface area (Å²) in [5.74, 6) is -2.42. The molecule has 1 heterocycles. The van der Waals surface area contributed by atoms with Gasteiger partial charge in [-0.2, -0.15) is 0 Å². The molecule has 0 radical (unpaired) electrons. The molecule has 186 valence electrons. The largest absolute Gasteiger partial charge is 0.481 e. The number of hydrogen-bond acceptors (Lipinski definition) is 5. The van der Waals surface area contributed by atoms with Gasteiger partial charge >= 0.3 is 12.1 Å². The van der Waals surface area contributed by atoms with Crippen molar-refractivity contribution in [1.29, 1.82) is 0 Å². The summed E-state index contributed by atoms with van der Waals surface area (Å²) in [5, 5.41) is 12.2. The van der Waals surface area contributed by atoms with Crippen molar-refractivity contribution in [3.05, 3.63) is 59.7 Å². The number of nitrogens with one attached hydrogen (secondary N) is 1. The molecule has 1 saturated heterocycles. The Morgan fingerprint density at radius 2 is 1.66 bits per heavy atom.